The maximum Gasteiger partial charge on any atom is 0.228 e. The van der Waals surface area contributed by atoms with Crippen LogP contribution in [0.2, 0.25) is 0 Å². The Bertz CT molecular complexity index is 527. The van der Waals surface area contributed by atoms with E-state index in [0.29, 0.717) is 19.5 Å². The average molecular weight is 316 g/mol. The van der Waals surface area contributed by atoms with Crippen molar-refractivity contribution in [3.63, 3.8) is 0 Å². The molecule has 1 heterocycles. The van der Waals surface area contributed by atoms with Crippen molar-refractivity contribution in [1.29, 1.82) is 0 Å². The predicted octanol–water partition coefficient (Wildman–Crippen LogP) is 3.07. The Hall–Kier alpha value is -1.84. The fourth-order valence-corrected chi connectivity index (χ4v) is 3.03. The Kier molecular flexibility index (Phi) is 6.20. The van der Waals surface area contributed by atoms with Crippen LogP contribution in [-0.2, 0) is 16.1 Å². The summed E-state index contributed by atoms with van der Waals surface area (Å²) in [5.74, 6) is 0.0434. The molecule has 0 saturated carbocycles. The maximum atomic E-state index is 12.9. The summed E-state index contributed by atoms with van der Waals surface area (Å²) < 4.78 is 0. The average Bonchev–Trinajstić information content (AvgIpc) is 2.91. The van der Waals surface area contributed by atoms with Crippen LogP contribution in [0.1, 0.15) is 45.6 Å². The van der Waals surface area contributed by atoms with Crippen LogP contribution in [0.15, 0.2) is 30.3 Å². The van der Waals surface area contributed by atoms with Gasteiger partial charge in [-0.15, -0.1) is 0 Å². The van der Waals surface area contributed by atoms with Crippen LogP contribution in [0.5, 0.6) is 0 Å². The topological polar surface area (TPSA) is 40.6 Å². The first kappa shape index (κ1) is 17.5. The summed E-state index contributed by atoms with van der Waals surface area (Å²) in [6.45, 7) is 8.15. The van der Waals surface area contributed by atoms with Gasteiger partial charge in [-0.25, -0.2) is 0 Å². The van der Waals surface area contributed by atoms with Gasteiger partial charge in [0.25, 0.3) is 0 Å². The van der Waals surface area contributed by atoms with E-state index in [9.17, 15) is 9.59 Å². The molecular weight excluding hydrogens is 288 g/mol. The number of unbranched alkanes of at least 4 members (excludes halogenated alkanes) is 1. The van der Waals surface area contributed by atoms with Gasteiger partial charge in [-0.1, -0.05) is 43.7 Å². The summed E-state index contributed by atoms with van der Waals surface area (Å²) in [4.78, 5) is 28.8. The van der Waals surface area contributed by atoms with Crippen LogP contribution in [0, 0.1) is 5.92 Å². The van der Waals surface area contributed by atoms with Crippen molar-refractivity contribution < 1.29 is 9.59 Å². The molecule has 126 valence electrons. The van der Waals surface area contributed by atoms with Gasteiger partial charge < -0.3 is 9.80 Å². The molecule has 4 heteroatoms. The number of nitrogens with zero attached hydrogens (tertiary/aromatic N) is 2. The van der Waals surface area contributed by atoms with Crippen molar-refractivity contribution in [3.8, 4) is 0 Å². The molecule has 0 bridgehead atoms. The van der Waals surface area contributed by atoms with E-state index in [1.165, 1.54) is 0 Å². The first-order valence-electron chi connectivity index (χ1n) is 8.65. The summed E-state index contributed by atoms with van der Waals surface area (Å²) in [6, 6.07) is 10.2. The van der Waals surface area contributed by atoms with E-state index in [1.807, 2.05) is 54.0 Å². The van der Waals surface area contributed by atoms with E-state index in [-0.39, 0.29) is 23.8 Å². The molecule has 2 amide bonds. The number of hydrogen-bond donors (Lipinski definition) is 0. The van der Waals surface area contributed by atoms with Gasteiger partial charge in [0.1, 0.15) is 0 Å². The number of carbonyl (C=O) groups is 2. The molecule has 0 unspecified atom stereocenters. The SMILES string of the molecule is CCCCN1C[C@H](C(=O)N(Cc2ccccc2)C(C)C)CC1=O. The van der Waals surface area contributed by atoms with Gasteiger partial charge in [-0.05, 0) is 25.8 Å². The highest BCUT2D eigenvalue weighted by atomic mass is 16.2. The minimum Gasteiger partial charge on any atom is -0.342 e. The lowest BCUT2D eigenvalue weighted by Crippen LogP contribution is -2.41. The third kappa shape index (κ3) is 4.57. The van der Waals surface area contributed by atoms with Gasteiger partial charge >= 0.3 is 0 Å². The third-order valence-corrected chi connectivity index (χ3v) is 4.45. The van der Waals surface area contributed by atoms with Crippen LogP contribution in [-0.4, -0.2) is 40.7 Å². The summed E-state index contributed by atoms with van der Waals surface area (Å²) in [6.07, 6.45) is 2.43. The molecule has 1 aliphatic rings. The zero-order chi connectivity index (χ0) is 16.8. The normalized spacial score (nSPS) is 17.8. The lowest BCUT2D eigenvalue weighted by atomic mass is 10.1. The monoisotopic (exact) mass is 316 g/mol. The van der Waals surface area contributed by atoms with Crippen LogP contribution in [0.4, 0.5) is 0 Å². The number of carbonyl (C=O) groups excluding carboxylic acids is 2. The highest BCUT2D eigenvalue weighted by Gasteiger charge is 2.36. The molecule has 2 rings (SSSR count). The van der Waals surface area contributed by atoms with E-state index in [0.717, 1.165) is 24.9 Å². The molecule has 4 nitrogen and oxygen atoms in total. The van der Waals surface area contributed by atoms with Crippen molar-refractivity contribution in [1.82, 2.24) is 9.80 Å². The smallest absolute Gasteiger partial charge is 0.228 e. The second kappa shape index (κ2) is 8.14. The molecule has 1 atom stereocenters. The van der Waals surface area contributed by atoms with Crippen molar-refractivity contribution in [2.75, 3.05) is 13.1 Å². The van der Waals surface area contributed by atoms with Crippen molar-refractivity contribution in [2.45, 2.75) is 52.6 Å². The largest absolute Gasteiger partial charge is 0.342 e. The molecule has 0 N–H and O–H groups in total. The van der Waals surface area contributed by atoms with Gasteiger partial charge in [-0.3, -0.25) is 9.59 Å². The number of hydrogen-bond acceptors (Lipinski definition) is 2. The summed E-state index contributed by atoms with van der Waals surface area (Å²) in [5, 5.41) is 0. The number of amides is 2. The molecule has 1 aromatic rings. The Labute approximate surface area is 139 Å². The van der Waals surface area contributed by atoms with Gasteiger partial charge in [-0.2, -0.15) is 0 Å². The summed E-state index contributed by atoms with van der Waals surface area (Å²) in [5.41, 5.74) is 1.13. The van der Waals surface area contributed by atoms with E-state index < -0.39 is 0 Å². The fourth-order valence-electron chi connectivity index (χ4n) is 3.03. The van der Waals surface area contributed by atoms with Crippen molar-refractivity contribution in [3.05, 3.63) is 35.9 Å². The molecule has 0 spiro atoms. The first-order chi connectivity index (χ1) is 11.0. The Balaban J connectivity index is 2.02. The molecule has 1 aromatic carbocycles. The molecule has 0 aliphatic carbocycles. The minimum absolute atomic E-state index is 0.108. The molecular formula is C19H28N2O2. The Morgan fingerprint density at radius 1 is 1.30 bits per heavy atom. The van der Waals surface area contributed by atoms with E-state index >= 15 is 0 Å². The number of benzene rings is 1. The van der Waals surface area contributed by atoms with E-state index in [4.69, 9.17) is 0 Å². The maximum absolute atomic E-state index is 12.9. The van der Waals surface area contributed by atoms with Crippen molar-refractivity contribution >= 4 is 11.8 Å². The van der Waals surface area contributed by atoms with Gasteiger partial charge in [0.05, 0.1) is 5.92 Å². The predicted molar refractivity (Wildman–Crippen MR) is 91.7 cm³/mol. The Morgan fingerprint density at radius 3 is 2.61 bits per heavy atom. The third-order valence-electron chi connectivity index (χ3n) is 4.45. The minimum atomic E-state index is -0.189. The van der Waals surface area contributed by atoms with Crippen LogP contribution >= 0.6 is 0 Å². The first-order valence-corrected chi connectivity index (χ1v) is 8.65. The zero-order valence-electron chi connectivity index (χ0n) is 14.5. The molecule has 1 fully saturated rings. The van der Waals surface area contributed by atoms with Crippen LogP contribution < -0.4 is 0 Å². The molecule has 1 aliphatic heterocycles. The summed E-state index contributed by atoms with van der Waals surface area (Å²) >= 11 is 0. The Morgan fingerprint density at radius 2 is 2.00 bits per heavy atom. The van der Waals surface area contributed by atoms with Gasteiger partial charge in [0, 0.05) is 32.1 Å². The molecule has 1 saturated heterocycles. The van der Waals surface area contributed by atoms with E-state index in [1.54, 1.807) is 0 Å². The highest BCUT2D eigenvalue weighted by molar-refractivity contribution is 5.89. The standard InChI is InChI=1S/C19H28N2O2/c1-4-5-11-20-14-17(12-18(20)22)19(23)21(15(2)3)13-16-9-7-6-8-10-16/h6-10,15,17H,4-5,11-14H2,1-3H3/t17-/m1/s1. The fraction of sp³-hybridized carbons (Fsp3) is 0.579. The second-order valence-electron chi connectivity index (χ2n) is 6.64. The van der Waals surface area contributed by atoms with Crippen LogP contribution in [0.3, 0.4) is 0 Å². The number of likely N-dealkylation sites (tertiary alicyclic amines) is 1. The van der Waals surface area contributed by atoms with Crippen LogP contribution in [0.25, 0.3) is 0 Å². The second-order valence-corrected chi connectivity index (χ2v) is 6.64. The lowest BCUT2D eigenvalue weighted by molar-refractivity contribution is -0.138. The van der Waals surface area contributed by atoms with E-state index in [2.05, 4.69) is 6.92 Å². The molecule has 0 radical (unpaired) electrons. The lowest BCUT2D eigenvalue weighted by Gasteiger charge is -2.29. The molecule has 23 heavy (non-hydrogen) atoms. The summed E-state index contributed by atoms with van der Waals surface area (Å²) in [7, 11) is 0. The van der Waals surface area contributed by atoms with Gasteiger partial charge in [0.15, 0.2) is 0 Å². The quantitative estimate of drug-likeness (QED) is 0.775. The molecule has 0 aromatic heterocycles. The highest BCUT2D eigenvalue weighted by Crippen LogP contribution is 2.22. The number of rotatable bonds is 7. The van der Waals surface area contributed by atoms with Crippen molar-refractivity contribution in [2.24, 2.45) is 5.92 Å². The zero-order valence-corrected chi connectivity index (χ0v) is 14.5. The van der Waals surface area contributed by atoms with Gasteiger partial charge in [0.2, 0.25) is 11.8 Å².